The summed E-state index contributed by atoms with van der Waals surface area (Å²) in [6, 6.07) is 10.3. The van der Waals surface area contributed by atoms with E-state index in [4.69, 9.17) is 16.3 Å². The van der Waals surface area contributed by atoms with E-state index in [-0.39, 0.29) is 12.4 Å². The van der Waals surface area contributed by atoms with Crippen LogP contribution in [-0.4, -0.2) is 7.05 Å². The molecule has 0 radical (unpaired) electrons. The van der Waals surface area contributed by atoms with Crippen molar-refractivity contribution in [3.8, 4) is 5.75 Å². The van der Waals surface area contributed by atoms with Gasteiger partial charge in [0, 0.05) is 22.7 Å². The highest BCUT2D eigenvalue weighted by molar-refractivity contribution is 9.10. The summed E-state index contributed by atoms with van der Waals surface area (Å²) in [5, 5.41) is 3.72. The lowest BCUT2D eigenvalue weighted by Crippen LogP contribution is -2.08. The fourth-order valence-electron chi connectivity index (χ4n) is 1.83. The molecule has 0 unspecified atom stereocenters. The summed E-state index contributed by atoms with van der Waals surface area (Å²) in [4.78, 5) is 0. The largest absolute Gasteiger partial charge is 0.489 e. The van der Waals surface area contributed by atoms with Gasteiger partial charge in [0.15, 0.2) is 0 Å². The molecule has 0 saturated heterocycles. The van der Waals surface area contributed by atoms with Crippen LogP contribution in [0.3, 0.4) is 0 Å². The van der Waals surface area contributed by atoms with Crippen LogP contribution in [0.15, 0.2) is 40.9 Å². The molecule has 0 heterocycles. The van der Waals surface area contributed by atoms with Crippen molar-refractivity contribution in [1.82, 2.24) is 5.32 Å². The molecule has 20 heavy (non-hydrogen) atoms. The maximum atomic E-state index is 13.4. The van der Waals surface area contributed by atoms with Crippen molar-refractivity contribution >= 4 is 27.5 Å². The summed E-state index contributed by atoms with van der Waals surface area (Å²) in [6.07, 6.45) is 0. The van der Waals surface area contributed by atoms with Crippen molar-refractivity contribution in [2.24, 2.45) is 0 Å². The summed E-state index contributed by atoms with van der Waals surface area (Å²) in [5.74, 6) is 0.442. The first-order valence-electron chi connectivity index (χ1n) is 6.10. The molecule has 1 N–H and O–H groups in total. The SMILES string of the molecule is CNCc1cc(Cl)ccc1OCc1cccc(F)c1Br. The molecule has 2 aromatic rings. The molecule has 0 saturated carbocycles. The van der Waals surface area contributed by atoms with Crippen LogP contribution in [0.25, 0.3) is 0 Å². The average molecular weight is 359 g/mol. The maximum absolute atomic E-state index is 13.4. The molecule has 2 aromatic carbocycles. The highest BCUT2D eigenvalue weighted by atomic mass is 79.9. The number of rotatable bonds is 5. The molecule has 0 spiro atoms. The Kier molecular flexibility index (Phi) is 5.40. The van der Waals surface area contributed by atoms with Gasteiger partial charge in [0.2, 0.25) is 0 Å². The zero-order chi connectivity index (χ0) is 14.5. The van der Waals surface area contributed by atoms with Crippen LogP contribution < -0.4 is 10.1 Å². The molecule has 0 atom stereocenters. The molecule has 2 nitrogen and oxygen atoms in total. The quantitative estimate of drug-likeness (QED) is 0.847. The van der Waals surface area contributed by atoms with Gasteiger partial charge in [-0.1, -0.05) is 23.7 Å². The van der Waals surface area contributed by atoms with E-state index in [2.05, 4.69) is 21.2 Å². The Morgan fingerprint density at radius 1 is 1.25 bits per heavy atom. The molecule has 0 aliphatic carbocycles. The van der Waals surface area contributed by atoms with Gasteiger partial charge >= 0.3 is 0 Å². The number of hydrogen-bond acceptors (Lipinski definition) is 2. The topological polar surface area (TPSA) is 21.3 Å². The molecular weight excluding hydrogens is 345 g/mol. The van der Waals surface area contributed by atoms with Crippen molar-refractivity contribution in [2.45, 2.75) is 13.2 Å². The van der Waals surface area contributed by atoms with E-state index < -0.39 is 0 Å². The lowest BCUT2D eigenvalue weighted by Gasteiger charge is -2.13. The Bertz CT molecular complexity index is 606. The first-order chi connectivity index (χ1) is 9.61. The van der Waals surface area contributed by atoms with Crippen molar-refractivity contribution < 1.29 is 9.13 Å². The minimum absolute atomic E-state index is 0.288. The highest BCUT2D eigenvalue weighted by Gasteiger charge is 2.08. The molecule has 0 fully saturated rings. The van der Waals surface area contributed by atoms with E-state index in [1.54, 1.807) is 12.1 Å². The summed E-state index contributed by atoms with van der Waals surface area (Å²) < 4.78 is 19.6. The van der Waals surface area contributed by atoms with Crippen molar-refractivity contribution in [3.63, 3.8) is 0 Å². The minimum Gasteiger partial charge on any atom is -0.489 e. The van der Waals surface area contributed by atoms with Crippen molar-refractivity contribution in [2.75, 3.05) is 7.05 Å². The summed E-state index contributed by atoms with van der Waals surface area (Å²) in [6.45, 7) is 0.941. The van der Waals surface area contributed by atoms with Crippen LogP contribution in [0, 0.1) is 5.82 Å². The molecule has 0 aromatic heterocycles. The van der Waals surface area contributed by atoms with Gasteiger partial charge in [0.05, 0.1) is 4.47 Å². The fourth-order valence-corrected chi connectivity index (χ4v) is 2.41. The van der Waals surface area contributed by atoms with Gasteiger partial charge in [-0.3, -0.25) is 0 Å². The van der Waals surface area contributed by atoms with Crippen molar-refractivity contribution in [1.29, 1.82) is 0 Å². The monoisotopic (exact) mass is 357 g/mol. The second-order valence-corrected chi connectivity index (χ2v) is 5.51. The third kappa shape index (κ3) is 3.72. The zero-order valence-corrected chi connectivity index (χ0v) is 13.3. The van der Waals surface area contributed by atoms with Crippen molar-refractivity contribution in [3.05, 3.63) is 62.8 Å². The smallest absolute Gasteiger partial charge is 0.137 e. The molecule has 0 bridgehead atoms. The van der Waals surface area contributed by atoms with Gasteiger partial charge in [-0.05, 0) is 47.2 Å². The van der Waals surface area contributed by atoms with Gasteiger partial charge < -0.3 is 10.1 Å². The van der Waals surface area contributed by atoms with Crippen LogP contribution in [-0.2, 0) is 13.2 Å². The molecule has 0 aliphatic heterocycles. The van der Waals surface area contributed by atoms with E-state index in [1.807, 2.05) is 25.2 Å². The summed E-state index contributed by atoms with van der Waals surface area (Å²) >= 11 is 9.20. The lowest BCUT2D eigenvalue weighted by atomic mass is 10.2. The molecule has 5 heteroatoms. The predicted molar refractivity (Wildman–Crippen MR) is 82.6 cm³/mol. The zero-order valence-electron chi connectivity index (χ0n) is 10.9. The second kappa shape index (κ2) is 7.07. The van der Waals surface area contributed by atoms with Crippen LogP contribution in [0.2, 0.25) is 5.02 Å². The fraction of sp³-hybridized carbons (Fsp3) is 0.200. The average Bonchev–Trinajstić information content (AvgIpc) is 2.42. The van der Waals surface area contributed by atoms with Crippen LogP contribution >= 0.6 is 27.5 Å². The summed E-state index contributed by atoms with van der Waals surface area (Å²) in [7, 11) is 1.86. The second-order valence-electron chi connectivity index (χ2n) is 4.28. The Balaban J connectivity index is 2.16. The van der Waals surface area contributed by atoms with Gasteiger partial charge in [0.1, 0.15) is 18.2 Å². The number of nitrogens with one attached hydrogen (secondary N) is 1. The van der Waals surface area contributed by atoms with Crippen LogP contribution in [0.4, 0.5) is 4.39 Å². The molecule has 2 rings (SSSR count). The van der Waals surface area contributed by atoms with E-state index in [1.165, 1.54) is 6.07 Å². The lowest BCUT2D eigenvalue weighted by molar-refractivity contribution is 0.301. The number of hydrogen-bond donors (Lipinski definition) is 1. The molecule has 0 aliphatic rings. The van der Waals surface area contributed by atoms with Gasteiger partial charge in [-0.25, -0.2) is 4.39 Å². The third-order valence-corrected chi connectivity index (χ3v) is 3.93. The van der Waals surface area contributed by atoms with E-state index >= 15 is 0 Å². The van der Waals surface area contributed by atoms with E-state index in [0.717, 1.165) is 16.9 Å². The van der Waals surface area contributed by atoms with Gasteiger partial charge in [-0.2, -0.15) is 0 Å². The van der Waals surface area contributed by atoms with Gasteiger partial charge in [0.25, 0.3) is 0 Å². The van der Waals surface area contributed by atoms with Crippen LogP contribution in [0.5, 0.6) is 5.75 Å². The standard InChI is InChI=1S/C15H14BrClFNO/c1-19-8-11-7-12(17)5-6-14(11)20-9-10-3-2-4-13(18)15(10)16/h2-7,19H,8-9H2,1H3. The Labute approximate surface area is 131 Å². The number of ether oxygens (including phenoxy) is 1. The minimum atomic E-state index is -0.294. The number of halogens is 3. The Hall–Kier alpha value is -1.10. The number of benzene rings is 2. The Morgan fingerprint density at radius 2 is 2.05 bits per heavy atom. The predicted octanol–water partition coefficient (Wildman–Crippen LogP) is 4.54. The first kappa shape index (κ1) is 15.3. The summed E-state index contributed by atoms with van der Waals surface area (Å²) in [5.41, 5.74) is 1.72. The first-order valence-corrected chi connectivity index (χ1v) is 7.27. The molecule has 106 valence electrons. The maximum Gasteiger partial charge on any atom is 0.137 e. The van der Waals surface area contributed by atoms with Gasteiger partial charge in [-0.15, -0.1) is 0 Å². The van der Waals surface area contributed by atoms with E-state index in [0.29, 0.717) is 16.0 Å². The third-order valence-electron chi connectivity index (χ3n) is 2.80. The van der Waals surface area contributed by atoms with Crippen LogP contribution in [0.1, 0.15) is 11.1 Å². The molecular formula is C15H14BrClFNO. The molecule has 0 amide bonds. The van der Waals surface area contributed by atoms with E-state index in [9.17, 15) is 4.39 Å². The Morgan fingerprint density at radius 3 is 2.80 bits per heavy atom. The highest BCUT2D eigenvalue weighted by Crippen LogP contribution is 2.26. The normalized spacial score (nSPS) is 10.6.